The van der Waals surface area contributed by atoms with Gasteiger partial charge in [-0.25, -0.2) is 0 Å². The molecule has 0 fully saturated rings. The highest BCUT2D eigenvalue weighted by Gasteiger charge is 2.11. The minimum absolute atomic E-state index is 0.462. The highest BCUT2D eigenvalue weighted by molar-refractivity contribution is 7.09. The molecule has 3 nitrogen and oxygen atoms in total. The topological polar surface area (TPSA) is 34.1 Å². The molecule has 0 saturated heterocycles. The SMILES string of the molecule is CCCNC(Cc1ccc(OC)cc1)Cc1cncs1. The molecule has 0 spiro atoms. The highest BCUT2D eigenvalue weighted by Crippen LogP contribution is 2.15. The molecule has 0 saturated carbocycles. The van der Waals surface area contributed by atoms with E-state index in [9.17, 15) is 0 Å². The molecule has 1 N–H and O–H groups in total. The zero-order valence-corrected chi connectivity index (χ0v) is 13.0. The second-order valence-electron chi connectivity index (χ2n) is 4.88. The van der Waals surface area contributed by atoms with E-state index < -0.39 is 0 Å². The lowest BCUT2D eigenvalue weighted by Gasteiger charge is -2.18. The molecule has 2 rings (SSSR count). The van der Waals surface area contributed by atoms with Crippen molar-refractivity contribution < 1.29 is 4.74 Å². The molecule has 1 unspecified atom stereocenters. The Kier molecular flexibility index (Phi) is 6.02. The molecule has 108 valence electrons. The van der Waals surface area contributed by atoms with Crippen LogP contribution in [0.2, 0.25) is 0 Å². The molecule has 20 heavy (non-hydrogen) atoms. The third kappa shape index (κ3) is 4.62. The van der Waals surface area contributed by atoms with Gasteiger partial charge >= 0.3 is 0 Å². The fourth-order valence-corrected chi connectivity index (χ4v) is 2.87. The summed E-state index contributed by atoms with van der Waals surface area (Å²) in [7, 11) is 1.70. The summed E-state index contributed by atoms with van der Waals surface area (Å²) in [5.41, 5.74) is 3.24. The Labute approximate surface area is 125 Å². The average Bonchev–Trinajstić information content (AvgIpc) is 2.98. The van der Waals surface area contributed by atoms with E-state index >= 15 is 0 Å². The first kappa shape index (κ1) is 15.0. The third-order valence-corrected chi connectivity index (χ3v) is 4.06. The molecule has 1 aromatic carbocycles. The van der Waals surface area contributed by atoms with Gasteiger partial charge in [-0.1, -0.05) is 19.1 Å². The Bertz CT molecular complexity index is 482. The molecule has 0 radical (unpaired) electrons. The molecule has 0 amide bonds. The van der Waals surface area contributed by atoms with Gasteiger partial charge in [-0.2, -0.15) is 0 Å². The van der Waals surface area contributed by atoms with Crippen molar-refractivity contribution in [2.24, 2.45) is 0 Å². The van der Waals surface area contributed by atoms with Crippen molar-refractivity contribution in [3.8, 4) is 5.75 Å². The molecule has 1 heterocycles. The lowest BCUT2D eigenvalue weighted by molar-refractivity contribution is 0.414. The fraction of sp³-hybridized carbons (Fsp3) is 0.438. The Morgan fingerprint density at radius 1 is 1.25 bits per heavy atom. The van der Waals surface area contributed by atoms with Crippen LogP contribution < -0.4 is 10.1 Å². The van der Waals surface area contributed by atoms with E-state index in [4.69, 9.17) is 4.74 Å². The number of hydrogen-bond acceptors (Lipinski definition) is 4. The van der Waals surface area contributed by atoms with Crippen LogP contribution in [0.5, 0.6) is 5.75 Å². The Balaban J connectivity index is 1.98. The Hall–Kier alpha value is -1.39. The van der Waals surface area contributed by atoms with Crippen molar-refractivity contribution in [3.63, 3.8) is 0 Å². The number of rotatable bonds is 8. The van der Waals surface area contributed by atoms with Crippen LogP contribution in [0.15, 0.2) is 36.0 Å². The number of ether oxygens (including phenoxy) is 1. The summed E-state index contributed by atoms with van der Waals surface area (Å²) in [5, 5.41) is 3.63. The highest BCUT2D eigenvalue weighted by atomic mass is 32.1. The lowest BCUT2D eigenvalue weighted by atomic mass is 10.0. The summed E-state index contributed by atoms with van der Waals surface area (Å²) in [4.78, 5) is 5.50. The second-order valence-corrected chi connectivity index (χ2v) is 5.85. The second kappa shape index (κ2) is 8.02. The van der Waals surface area contributed by atoms with Crippen molar-refractivity contribution in [2.45, 2.75) is 32.2 Å². The van der Waals surface area contributed by atoms with Gasteiger partial charge in [-0.15, -0.1) is 11.3 Å². The van der Waals surface area contributed by atoms with Crippen LogP contribution in [0, 0.1) is 0 Å². The van der Waals surface area contributed by atoms with Crippen molar-refractivity contribution in [1.29, 1.82) is 0 Å². The van der Waals surface area contributed by atoms with Gasteiger partial charge < -0.3 is 10.1 Å². The van der Waals surface area contributed by atoms with E-state index in [-0.39, 0.29) is 0 Å². The Morgan fingerprint density at radius 3 is 2.65 bits per heavy atom. The van der Waals surface area contributed by atoms with E-state index in [2.05, 4.69) is 29.4 Å². The standard InChI is InChI=1S/C16H22N2OS/c1-3-8-18-14(10-16-11-17-12-20-16)9-13-4-6-15(19-2)7-5-13/h4-7,11-12,14,18H,3,8-10H2,1-2H3. The summed E-state index contributed by atoms with van der Waals surface area (Å²) in [5.74, 6) is 0.911. The average molecular weight is 290 g/mol. The van der Waals surface area contributed by atoms with Crippen LogP contribution in [0.25, 0.3) is 0 Å². The van der Waals surface area contributed by atoms with E-state index in [0.29, 0.717) is 6.04 Å². The summed E-state index contributed by atoms with van der Waals surface area (Å²) in [6.45, 7) is 3.25. The smallest absolute Gasteiger partial charge is 0.118 e. The van der Waals surface area contributed by atoms with E-state index in [0.717, 1.165) is 31.6 Å². The molecule has 0 bridgehead atoms. The first-order valence-electron chi connectivity index (χ1n) is 7.05. The summed E-state index contributed by atoms with van der Waals surface area (Å²) >= 11 is 1.73. The number of nitrogens with zero attached hydrogens (tertiary/aromatic N) is 1. The maximum Gasteiger partial charge on any atom is 0.118 e. The van der Waals surface area contributed by atoms with Gasteiger partial charge in [0.2, 0.25) is 0 Å². The van der Waals surface area contributed by atoms with Gasteiger partial charge in [0, 0.05) is 17.1 Å². The Morgan fingerprint density at radius 2 is 2.05 bits per heavy atom. The van der Waals surface area contributed by atoms with Crippen LogP contribution in [-0.2, 0) is 12.8 Å². The van der Waals surface area contributed by atoms with Crippen LogP contribution in [-0.4, -0.2) is 24.7 Å². The summed E-state index contributed by atoms with van der Waals surface area (Å²) in [6, 6.07) is 8.81. The number of aromatic nitrogens is 1. The molecule has 2 aromatic rings. The van der Waals surface area contributed by atoms with Crippen LogP contribution >= 0.6 is 11.3 Å². The summed E-state index contributed by atoms with van der Waals surface area (Å²) < 4.78 is 5.20. The van der Waals surface area contributed by atoms with E-state index in [1.807, 2.05) is 23.8 Å². The van der Waals surface area contributed by atoms with Crippen molar-refractivity contribution >= 4 is 11.3 Å². The first-order valence-corrected chi connectivity index (χ1v) is 7.93. The summed E-state index contributed by atoms with van der Waals surface area (Å²) in [6.07, 6.45) is 5.19. The van der Waals surface area contributed by atoms with Crippen molar-refractivity contribution in [1.82, 2.24) is 10.3 Å². The minimum atomic E-state index is 0.462. The fourth-order valence-electron chi connectivity index (χ4n) is 2.20. The molecule has 1 aromatic heterocycles. The zero-order valence-electron chi connectivity index (χ0n) is 12.1. The van der Waals surface area contributed by atoms with Gasteiger partial charge in [-0.3, -0.25) is 4.98 Å². The van der Waals surface area contributed by atoms with Gasteiger partial charge in [0.05, 0.1) is 12.6 Å². The van der Waals surface area contributed by atoms with Gasteiger partial charge in [0.25, 0.3) is 0 Å². The maximum atomic E-state index is 5.20. The van der Waals surface area contributed by atoms with E-state index in [1.54, 1.807) is 18.4 Å². The monoisotopic (exact) mass is 290 g/mol. The maximum absolute atomic E-state index is 5.20. The normalized spacial score (nSPS) is 12.3. The van der Waals surface area contributed by atoms with E-state index in [1.165, 1.54) is 10.4 Å². The number of hydrogen-bond donors (Lipinski definition) is 1. The quantitative estimate of drug-likeness (QED) is 0.810. The van der Waals surface area contributed by atoms with Crippen LogP contribution in [0.4, 0.5) is 0 Å². The van der Waals surface area contributed by atoms with Gasteiger partial charge in [0.1, 0.15) is 5.75 Å². The van der Waals surface area contributed by atoms with Crippen molar-refractivity contribution in [3.05, 3.63) is 46.4 Å². The molecular weight excluding hydrogens is 268 g/mol. The largest absolute Gasteiger partial charge is 0.497 e. The lowest BCUT2D eigenvalue weighted by Crippen LogP contribution is -2.33. The molecule has 0 aliphatic carbocycles. The molecule has 0 aliphatic rings. The number of benzene rings is 1. The predicted octanol–water partition coefficient (Wildman–Crippen LogP) is 3.31. The predicted molar refractivity (Wildman–Crippen MR) is 84.6 cm³/mol. The molecule has 4 heteroatoms. The zero-order chi connectivity index (χ0) is 14.2. The van der Waals surface area contributed by atoms with Crippen molar-refractivity contribution in [2.75, 3.05) is 13.7 Å². The van der Waals surface area contributed by atoms with Gasteiger partial charge in [-0.05, 0) is 43.5 Å². The number of thiazole rings is 1. The number of nitrogens with one attached hydrogen (secondary N) is 1. The number of methoxy groups -OCH3 is 1. The third-order valence-electron chi connectivity index (χ3n) is 3.26. The van der Waals surface area contributed by atoms with Gasteiger partial charge in [0.15, 0.2) is 0 Å². The first-order chi connectivity index (χ1) is 9.81. The molecular formula is C16H22N2OS. The molecule has 1 atom stereocenters. The van der Waals surface area contributed by atoms with Crippen LogP contribution in [0.3, 0.4) is 0 Å². The van der Waals surface area contributed by atoms with Crippen LogP contribution in [0.1, 0.15) is 23.8 Å². The minimum Gasteiger partial charge on any atom is -0.497 e. The molecule has 0 aliphatic heterocycles.